The van der Waals surface area contributed by atoms with E-state index in [0.717, 1.165) is 11.1 Å². The fourth-order valence-electron chi connectivity index (χ4n) is 3.21. The van der Waals surface area contributed by atoms with Crippen molar-refractivity contribution in [1.82, 2.24) is 9.88 Å². The molecule has 0 unspecified atom stereocenters. The highest BCUT2D eigenvalue weighted by molar-refractivity contribution is 7.22. The molecule has 1 aliphatic heterocycles. The summed E-state index contributed by atoms with van der Waals surface area (Å²) >= 11 is 1.22. The molecule has 27 heavy (non-hydrogen) atoms. The molecule has 5 nitrogen and oxygen atoms in total. The molecule has 0 fully saturated rings. The summed E-state index contributed by atoms with van der Waals surface area (Å²) in [5.41, 5.74) is 2.55. The van der Waals surface area contributed by atoms with Gasteiger partial charge < -0.3 is 10.2 Å². The number of thiazole rings is 1. The molecule has 0 radical (unpaired) electrons. The van der Waals surface area contributed by atoms with Crippen molar-refractivity contribution in [3.05, 3.63) is 65.6 Å². The minimum absolute atomic E-state index is 0.102. The standard InChI is InChI=1S/C20H16FN3O2S/c1-12(25)24-9-8-13-4-2-3-5-15(13)17(24)11-19(26)23-20-22-16-7-6-14(21)10-18(16)27-20/h2-10,17H,11H2,1H3,(H,22,23,26)/t17-/m1/s1. The van der Waals surface area contributed by atoms with Gasteiger partial charge in [0, 0.05) is 13.1 Å². The van der Waals surface area contributed by atoms with Gasteiger partial charge in [-0.15, -0.1) is 0 Å². The highest BCUT2D eigenvalue weighted by atomic mass is 32.1. The molecule has 1 atom stereocenters. The first-order valence-corrected chi connectivity index (χ1v) is 9.25. The molecule has 4 rings (SSSR count). The molecule has 0 aliphatic carbocycles. The van der Waals surface area contributed by atoms with Crippen molar-refractivity contribution >= 4 is 44.6 Å². The van der Waals surface area contributed by atoms with Crippen LogP contribution in [0.2, 0.25) is 0 Å². The lowest BCUT2D eigenvalue weighted by atomic mass is 9.93. The Morgan fingerprint density at radius 2 is 2.07 bits per heavy atom. The number of aromatic nitrogens is 1. The Hall–Kier alpha value is -3.06. The van der Waals surface area contributed by atoms with Crippen LogP contribution in [0, 0.1) is 5.82 Å². The summed E-state index contributed by atoms with van der Waals surface area (Å²) in [6.07, 6.45) is 3.68. The zero-order chi connectivity index (χ0) is 19.0. The van der Waals surface area contributed by atoms with Crippen LogP contribution in [-0.4, -0.2) is 21.7 Å². The first kappa shape index (κ1) is 17.4. The van der Waals surface area contributed by atoms with Gasteiger partial charge in [0.25, 0.3) is 0 Å². The molecule has 2 aromatic carbocycles. The Balaban J connectivity index is 1.56. The van der Waals surface area contributed by atoms with Crippen LogP contribution in [0.5, 0.6) is 0 Å². The monoisotopic (exact) mass is 381 g/mol. The lowest BCUT2D eigenvalue weighted by molar-refractivity contribution is -0.129. The number of hydrogen-bond acceptors (Lipinski definition) is 4. The van der Waals surface area contributed by atoms with E-state index >= 15 is 0 Å². The summed E-state index contributed by atoms with van der Waals surface area (Å²) < 4.78 is 14.0. The molecular weight excluding hydrogens is 365 g/mol. The molecule has 136 valence electrons. The van der Waals surface area contributed by atoms with Crippen LogP contribution in [0.4, 0.5) is 9.52 Å². The molecule has 0 bridgehead atoms. The van der Waals surface area contributed by atoms with E-state index in [2.05, 4.69) is 10.3 Å². The maximum atomic E-state index is 13.3. The molecule has 0 saturated carbocycles. The highest BCUT2D eigenvalue weighted by Crippen LogP contribution is 2.33. The Labute approximate surface area is 159 Å². The van der Waals surface area contributed by atoms with Gasteiger partial charge in [-0.2, -0.15) is 0 Å². The quantitative estimate of drug-likeness (QED) is 0.734. The summed E-state index contributed by atoms with van der Waals surface area (Å²) in [5.74, 6) is -0.725. The highest BCUT2D eigenvalue weighted by Gasteiger charge is 2.28. The number of hydrogen-bond donors (Lipinski definition) is 1. The fraction of sp³-hybridized carbons (Fsp3) is 0.150. The number of nitrogens with zero attached hydrogens (tertiary/aromatic N) is 2. The Morgan fingerprint density at radius 3 is 2.89 bits per heavy atom. The third-order valence-corrected chi connectivity index (χ3v) is 5.38. The second-order valence-corrected chi connectivity index (χ2v) is 7.30. The van der Waals surface area contributed by atoms with E-state index < -0.39 is 0 Å². The predicted molar refractivity (Wildman–Crippen MR) is 104 cm³/mol. The molecule has 3 aromatic rings. The van der Waals surface area contributed by atoms with Crippen LogP contribution in [0.25, 0.3) is 16.3 Å². The van der Waals surface area contributed by atoms with Crippen LogP contribution < -0.4 is 5.32 Å². The molecule has 1 aliphatic rings. The van der Waals surface area contributed by atoms with Crippen LogP contribution in [-0.2, 0) is 9.59 Å². The number of anilines is 1. The van der Waals surface area contributed by atoms with Crippen LogP contribution in [0.1, 0.15) is 30.5 Å². The van der Waals surface area contributed by atoms with Crippen molar-refractivity contribution in [3.8, 4) is 0 Å². The minimum atomic E-state index is -0.379. The van der Waals surface area contributed by atoms with E-state index in [9.17, 15) is 14.0 Å². The summed E-state index contributed by atoms with van der Waals surface area (Å²) in [7, 11) is 0. The Morgan fingerprint density at radius 1 is 1.26 bits per heavy atom. The summed E-state index contributed by atoms with van der Waals surface area (Å²) in [5, 5.41) is 3.18. The topological polar surface area (TPSA) is 62.3 Å². The summed E-state index contributed by atoms with van der Waals surface area (Å²) in [4.78, 5) is 30.5. The molecule has 1 N–H and O–H groups in total. The van der Waals surface area contributed by atoms with Gasteiger partial charge in [0.2, 0.25) is 11.8 Å². The lowest BCUT2D eigenvalue weighted by Gasteiger charge is -2.32. The minimum Gasteiger partial charge on any atom is -0.311 e. The van der Waals surface area contributed by atoms with Crippen LogP contribution in [0.3, 0.4) is 0 Å². The van der Waals surface area contributed by atoms with E-state index in [-0.39, 0.29) is 30.1 Å². The molecule has 1 aromatic heterocycles. The van der Waals surface area contributed by atoms with E-state index in [1.807, 2.05) is 30.3 Å². The van der Waals surface area contributed by atoms with Crippen molar-refractivity contribution in [1.29, 1.82) is 0 Å². The molecule has 2 amide bonds. The van der Waals surface area contributed by atoms with Crippen molar-refractivity contribution in [2.75, 3.05) is 5.32 Å². The predicted octanol–water partition coefficient (Wildman–Crippen LogP) is 4.34. The normalized spacial score (nSPS) is 15.6. The van der Waals surface area contributed by atoms with Gasteiger partial charge in [0.05, 0.1) is 22.7 Å². The smallest absolute Gasteiger partial charge is 0.228 e. The van der Waals surface area contributed by atoms with Gasteiger partial charge >= 0.3 is 0 Å². The summed E-state index contributed by atoms with van der Waals surface area (Å²) in [6.45, 7) is 1.48. The number of nitrogens with one attached hydrogen (secondary N) is 1. The van der Waals surface area contributed by atoms with Gasteiger partial charge in [-0.1, -0.05) is 35.6 Å². The number of halogens is 1. The van der Waals surface area contributed by atoms with E-state index in [1.54, 1.807) is 17.2 Å². The number of amides is 2. The maximum absolute atomic E-state index is 13.3. The third kappa shape index (κ3) is 3.46. The van der Waals surface area contributed by atoms with Gasteiger partial charge in [-0.05, 0) is 35.4 Å². The molecule has 0 saturated heterocycles. The van der Waals surface area contributed by atoms with Crippen molar-refractivity contribution in [3.63, 3.8) is 0 Å². The Kier molecular flexibility index (Phi) is 4.45. The van der Waals surface area contributed by atoms with E-state index in [1.165, 1.54) is 30.4 Å². The zero-order valence-electron chi connectivity index (χ0n) is 14.5. The average molecular weight is 381 g/mol. The number of rotatable bonds is 3. The average Bonchev–Trinajstić information content (AvgIpc) is 3.02. The lowest BCUT2D eigenvalue weighted by Crippen LogP contribution is -2.33. The SMILES string of the molecule is CC(=O)N1C=Cc2ccccc2[C@H]1CC(=O)Nc1nc2ccc(F)cc2s1. The first-order valence-electron chi connectivity index (χ1n) is 8.43. The zero-order valence-corrected chi connectivity index (χ0v) is 15.3. The van der Waals surface area contributed by atoms with Crippen molar-refractivity contribution in [2.45, 2.75) is 19.4 Å². The number of carbonyl (C=O) groups excluding carboxylic acids is 2. The number of carbonyl (C=O) groups is 2. The van der Waals surface area contributed by atoms with Gasteiger partial charge in [-0.3, -0.25) is 9.59 Å². The number of benzene rings is 2. The summed E-state index contributed by atoms with van der Waals surface area (Å²) in [6, 6.07) is 11.6. The van der Waals surface area contributed by atoms with E-state index in [4.69, 9.17) is 0 Å². The molecular formula is C20H16FN3O2S. The maximum Gasteiger partial charge on any atom is 0.228 e. The van der Waals surface area contributed by atoms with Crippen LogP contribution >= 0.6 is 11.3 Å². The second kappa shape index (κ2) is 6.92. The number of fused-ring (bicyclic) bond motifs is 2. The van der Waals surface area contributed by atoms with Gasteiger partial charge in [0.15, 0.2) is 5.13 Å². The second-order valence-electron chi connectivity index (χ2n) is 6.27. The third-order valence-electron chi connectivity index (χ3n) is 4.44. The van der Waals surface area contributed by atoms with Gasteiger partial charge in [-0.25, -0.2) is 9.37 Å². The van der Waals surface area contributed by atoms with Gasteiger partial charge in [0.1, 0.15) is 5.82 Å². The molecule has 7 heteroatoms. The molecule has 2 heterocycles. The largest absolute Gasteiger partial charge is 0.311 e. The molecule has 0 spiro atoms. The van der Waals surface area contributed by atoms with Crippen molar-refractivity contribution in [2.24, 2.45) is 0 Å². The van der Waals surface area contributed by atoms with Crippen LogP contribution in [0.15, 0.2) is 48.7 Å². The fourth-order valence-corrected chi connectivity index (χ4v) is 4.12. The van der Waals surface area contributed by atoms with E-state index in [0.29, 0.717) is 15.3 Å². The first-order chi connectivity index (χ1) is 13.0. The van der Waals surface area contributed by atoms with Crippen molar-refractivity contribution < 1.29 is 14.0 Å². The Bertz CT molecular complexity index is 1080.